The average Bonchev–Trinajstić information content (AvgIpc) is 3.16. The van der Waals surface area contributed by atoms with Crippen molar-refractivity contribution in [2.75, 3.05) is 25.0 Å². The predicted molar refractivity (Wildman–Crippen MR) is 82.0 cm³/mol. The predicted octanol–water partition coefficient (Wildman–Crippen LogP) is 3.17. The Labute approximate surface area is 117 Å². The van der Waals surface area contributed by atoms with E-state index in [1.807, 2.05) is 0 Å². The first-order valence-corrected chi connectivity index (χ1v) is 7.72. The maximum atomic E-state index is 3.57. The van der Waals surface area contributed by atoms with Gasteiger partial charge >= 0.3 is 0 Å². The first-order chi connectivity index (χ1) is 9.15. The zero-order valence-electron chi connectivity index (χ0n) is 12.4. The molecule has 1 aromatic carbocycles. The van der Waals surface area contributed by atoms with Crippen molar-refractivity contribution in [2.24, 2.45) is 5.92 Å². The Balaban J connectivity index is 1.67. The molecule has 0 radical (unpaired) electrons. The van der Waals surface area contributed by atoms with Crippen LogP contribution < -0.4 is 10.2 Å². The minimum atomic E-state index is 0.610. The van der Waals surface area contributed by atoms with Gasteiger partial charge in [-0.25, -0.2) is 0 Å². The van der Waals surface area contributed by atoms with Crippen LogP contribution in [0, 0.1) is 5.92 Å². The van der Waals surface area contributed by atoms with Crippen molar-refractivity contribution in [3.8, 4) is 0 Å². The highest BCUT2D eigenvalue weighted by Crippen LogP contribution is 2.48. The van der Waals surface area contributed by atoms with E-state index in [1.54, 1.807) is 11.1 Å². The van der Waals surface area contributed by atoms with Crippen LogP contribution in [0.15, 0.2) is 18.2 Å². The van der Waals surface area contributed by atoms with E-state index in [1.165, 1.54) is 38.0 Å². The topological polar surface area (TPSA) is 15.3 Å². The normalized spacial score (nSPS) is 25.6. The van der Waals surface area contributed by atoms with Crippen LogP contribution in [-0.4, -0.2) is 26.2 Å². The lowest BCUT2D eigenvalue weighted by atomic mass is 9.97. The van der Waals surface area contributed by atoms with Gasteiger partial charge in [-0.2, -0.15) is 0 Å². The summed E-state index contributed by atoms with van der Waals surface area (Å²) in [7, 11) is 2.21. The van der Waals surface area contributed by atoms with Gasteiger partial charge in [0, 0.05) is 25.3 Å². The zero-order chi connectivity index (χ0) is 13.4. The third kappa shape index (κ3) is 2.79. The molecule has 0 saturated heterocycles. The van der Waals surface area contributed by atoms with E-state index in [0.29, 0.717) is 6.04 Å². The number of benzene rings is 1. The van der Waals surface area contributed by atoms with Crippen molar-refractivity contribution < 1.29 is 0 Å². The van der Waals surface area contributed by atoms with Crippen LogP contribution in [0.5, 0.6) is 0 Å². The lowest BCUT2D eigenvalue weighted by Crippen LogP contribution is -2.25. The van der Waals surface area contributed by atoms with E-state index in [-0.39, 0.29) is 0 Å². The molecule has 2 heteroatoms. The molecule has 1 N–H and O–H groups in total. The number of fused-ring (bicyclic) bond motifs is 1. The van der Waals surface area contributed by atoms with E-state index < -0.39 is 0 Å². The highest BCUT2D eigenvalue weighted by molar-refractivity contribution is 5.57. The second kappa shape index (κ2) is 5.16. The van der Waals surface area contributed by atoms with Crippen LogP contribution in [0.2, 0.25) is 0 Å². The van der Waals surface area contributed by atoms with Crippen molar-refractivity contribution in [3.63, 3.8) is 0 Å². The Bertz CT molecular complexity index is 453. The Hall–Kier alpha value is -1.02. The summed E-state index contributed by atoms with van der Waals surface area (Å²) in [5.74, 6) is 1.67. The lowest BCUT2D eigenvalue weighted by Gasteiger charge is -2.28. The van der Waals surface area contributed by atoms with Gasteiger partial charge in [0.2, 0.25) is 0 Å². The Morgan fingerprint density at radius 2 is 2.21 bits per heavy atom. The summed E-state index contributed by atoms with van der Waals surface area (Å²) in [6, 6.07) is 7.79. The fourth-order valence-electron chi connectivity index (χ4n) is 3.30. The molecule has 1 aromatic rings. The number of anilines is 1. The molecule has 1 saturated carbocycles. The summed E-state index contributed by atoms with van der Waals surface area (Å²) < 4.78 is 0. The molecule has 0 amide bonds. The summed E-state index contributed by atoms with van der Waals surface area (Å²) in [4.78, 5) is 2.40. The van der Waals surface area contributed by atoms with Gasteiger partial charge in [0.05, 0.1) is 0 Å². The van der Waals surface area contributed by atoms with Gasteiger partial charge in [0.1, 0.15) is 0 Å². The quantitative estimate of drug-likeness (QED) is 0.892. The zero-order valence-corrected chi connectivity index (χ0v) is 12.4. The number of hydrogen-bond donors (Lipinski definition) is 1. The molecule has 2 unspecified atom stereocenters. The Morgan fingerprint density at radius 3 is 3.00 bits per heavy atom. The SMILES string of the molecule is CC(C)NCC1CC1c1ccc2c(c1)CCCN2C. The summed E-state index contributed by atoms with van der Waals surface area (Å²) >= 11 is 0. The lowest BCUT2D eigenvalue weighted by molar-refractivity contribution is 0.554. The van der Waals surface area contributed by atoms with Gasteiger partial charge in [-0.05, 0) is 54.8 Å². The standard InChI is InChI=1S/C17H26N2/c1-12(2)18-11-15-10-16(15)13-6-7-17-14(9-13)5-4-8-19(17)3/h6-7,9,12,15-16,18H,4-5,8,10-11H2,1-3H3. The smallest absolute Gasteiger partial charge is 0.0396 e. The molecule has 104 valence electrons. The van der Waals surface area contributed by atoms with Gasteiger partial charge < -0.3 is 10.2 Å². The van der Waals surface area contributed by atoms with Gasteiger partial charge in [-0.3, -0.25) is 0 Å². The van der Waals surface area contributed by atoms with Crippen LogP contribution in [0.4, 0.5) is 5.69 Å². The molecular formula is C17H26N2. The summed E-state index contributed by atoms with van der Waals surface area (Å²) in [5, 5.41) is 3.57. The van der Waals surface area contributed by atoms with Crippen molar-refractivity contribution in [2.45, 2.75) is 45.1 Å². The van der Waals surface area contributed by atoms with Crippen LogP contribution in [0.3, 0.4) is 0 Å². The fourth-order valence-corrected chi connectivity index (χ4v) is 3.30. The van der Waals surface area contributed by atoms with Gasteiger partial charge in [0.25, 0.3) is 0 Å². The molecule has 1 aliphatic carbocycles. The van der Waals surface area contributed by atoms with Crippen LogP contribution in [-0.2, 0) is 6.42 Å². The molecule has 2 aliphatic rings. The molecule has 0 bridgehead atoms. The molecule has 19 heavy (non-hydrogen) atoms. The first kappa shape index (κ1) is 13.0. The number of aryl methyl sites for hydroxylation is 1. The Morgan fingerprint density at radius 1 is 1.37 bits per heavy atom. The van der Waals surface area contributed by atoms with Crippen LogP contribution in [0.25, 0.3) is 0 Å². The maximum Gasteiger partial charge on any atom is 0.0396 e. The molecule has 0 spiro atoms. The second-order valence-corrected chi connectivity index (χ2v) is 6.58. The monoisotopic (exact) mass is 258 g/mol. The van der Waals surface area contributed by atoms with E-state index in [9.17, 15) is 0 Å². The van der Waals surface area contributed by atoms with Crippen molar-refractivity contribution in [1.82, 2.24) is 5.32 Å². The summed E-state index contributed by atoms with van der Waals surface area (Å²) in [5.41, 5.74) is 4.59. The summed E-state index contributed by atoms with van der Waals surface area (Å²) in [6.45, 7) is 6.84. The van der Waals surface area contributed by atoms with Crippen LogP contribution in [0.1, 0.15) is 43.7 Å². The van der Waals surface area contributed by atoms with Crippen molar-refractivity contribution >= 4 is 5.69 Å². The molecule has 1 aliphatic heterocycles. The fraction of sp³-hybridized carbons (Fsp3) is 0.647. The highest BCUT2D eigenvalue weighted by atomic mass is 15.1. The molecule has 1 heterocycles. The Kier molecular flexibility index (Phi) is 3.53. The molecule has 2 nitrogen and oxygen atoms in total. The minimum absolute atomic E-state index is 0.610. The maximum absolute atomic E-state index is 3.57. The second-order valence-electron chi connectivity index (χ2n) is 6.58. The number of rotatable bonds is 4. The van der Waals surface area contributed by atoms with Crippen molar-refractivity contribution in [3.05, 3.63) is 29.3 Å². The van der Waals surface area contributed by atoms with Crippen LogP contribution >= 0.6 is 0 Å². The number of hydrogen-bond acceptors (Lipinski definition) is 2. The first-order valence-electron chi connectivity index (χ1n) is 7.72. The molecule has 0 aromatic heterocycles. The highest BCUT2D eigenvalue weighted by Gasteiger charge is 2.38. The molecule has 3 rings (SSSR count). The third-order valence-corrected chi connectivity index (χ3v) is 4.59. The van der Waals surface area contributed by atoms with Gasteiger partial charge in [-0.1, -0.05) is 26.0 Å². The summed E-state index contributed by atoms with van der Waals surface area (Å²) in [6.07, 6.45) is 3.93. The van der Waals surface area contributed by atoms with E-state index in [2.05, 4.69) is 49.3 Å². The van der Waals surface area contributed by atoms with Crippen molar-refractivity contribution in [1.29, 1.82) is 0 Å². The molecule has 1 fully saturated rings. The van der Waals surface area contributed by atoms with E-state index in [4.69, 9.17) is 0 Å². The molecular weight excluding hydrogens is 232 g/mol. The van der Waals surface area contributed by atoms with Gasteiger partial charge in [-0.15, -0.1) is 0 Å². The number of nitrogens with one attached hydrogen (secondary N) is 1. The molecule has 2 atom stereocenters. The minimum Gasteiger partial charge on any atom is -0.374 e. The van der Waals surface area contributed by atoms with E-state index >= 15 is 0 Å². The van der Waals surface area contributed by atoms with Gasteiger partial charge in [0.15, 0.2) is 0 Å². The average molecular weight is 258 g/mol. The largest absolute Gasteiger partial charge is 0.374 e. The number of nitrogens with zero attached hydrogens (tertiary/aromatic N) is 1. The third-order valence-electron chi connectivity index (χ3n) is 4.59. The van der Waals surface area contributed by atoms with E-state index in [0.717, 1.165) is 11.8 Å².